The molecule has 0 bridgehead atoms. The molecule has 4 heteroatoms. The lowest BCUT2D eigenvalue weighted by atomic mass is 10.0. The van der Waals surface area contributed by atoms with Crippen LogP contribution in [0.5, 0.6) is 0 Å². The standard InChI is InChI=1S/C21H26N2O2/c1-16-13-19(22-20(24)12-11-17-7-5-6-8-17)21(25)23(14-16)15-18-9-3-2-4-10-18/h2-4,9-10,13-14,17H,5-8,11-12,15H2,1H3,(H,22,24). The van der Waals surface area contributed by atoms with E-state index in [0.717, 1.165) is 17.5 Å². The van der Waals surface area contributed by atoms with E-state index in [1.54, 1.807) is 10.6 Å². The highest BCUT2D eigenvalue weighted by molar-refractivity contribution is 5.90. The number of hydrogen-bond acceptors (Lipinski definition) is 2. The summed E-state index contributed by atoms with van der Waals surface area (Å²) in [6, 6.07) is 11.6. The molecule has 1 heterocycles. The van der Waals surface area contributed by atoms with Crippen molar-refractivity contribution < 1.29 is 4.79 Å². The Balaban J connectivity index is 1.68. The Labute approximate surface area is 148 Å². The van der Waals surface area contributed by atoms with Gasteiger partial charge < -0.3 is 9.88 Å². The van der Waals surface area contributed by atoms with Crippen molar-refractivity contribution in [3.8, 4) is 0 Å². The van der Waals surface area contributed by atoms with Gasteiger partial charge in [0.1, 0.15) is 5.69 Å². The second-order valence-corrected chi connectivity index (χ2v) is 7.09. The van der Waals surface area contributed by atoms with Crippen molar-refractivity contribution in [3.63, 3.8) is 0 Å². The van der Waals surface area contributed by atoms with Gasteiger partial charge in [-0.25, -0.2) is 0 Å². The Morgan fingerprint density at radius 1 is 1.20 bits per heavy atom. The minimum Gasteiger partial charge on any atom is -0.321 e. The van der Waals surface area contributed by atoms with Crippen molar-refractivity contribution in [2.24, 2.45) is 5.92 Å². The van der Waals surface area contributed by atoms with Crippen molar-refractivity contribution in [2.75, 3.05) is 5.32 Å². The van der Waals surface area contributed by atoms with Gasteiger partial charge in [-0.15, -0.1) is 0 Å². The molecule has 1 aromatic heterocycles. The van der Waals surface area contributed by atoms with Gasteiger partial charge in [0.25, 0.3) is 5.56 Å². The van der Waals surface area contributed by atoms with Crippen LogP contribution in [0.25, 0.3) is 0 Å². The second-order valence-electron chi connectivity index (χ2n) is 7.09. The first-order valence-electron chi connectivity index (χ1n) is 9.16. The maximum Gasteiger partial charge on any atom is 0.274 e. The zero-order chi connectivity index (χ0) is 17.6. The lowest BCUT2D eigenvalue weighted by molar-refractivity contribution is -0.116. The summed E-state index contributed by atoms with van der Waals surface area (Å²) >= 11 is 0. The van der Waals surface area contributed by atoms with E-state index < -0.39 is 0 Å². The zero-order valence-corrected chi connectivity index (χ0v) is 14.8. The van der Waals surface area contributed by atoms with E-state index in [1.165, 1.54) is 25.7 Å². The highest BCUT2D eigenvalue weighted by atomic mass is 16.2. The Morgan fingerprint density at radius 2 is 1.92 bits per heavy atom. The Hall–Kier alpha value is -2.36. The van der Waals surface area contributed by atoms with Crippen LogP contribution in [-0.4, -0.2) is 10.5 Å². The summed E-state index contributed by atoms with van der Waals surface area (Å²) in [6.07, 6.45) is 8.31. The fourth-order valence-electron chi connectivity index (χ4n) is 3.62. The number of pyridine rings is 1. The van der Waals surface area contributed by atoms with Gasteiger partial charge in [-0.3, -0.25) is 9.59 Å². The number of hydrogen-bond donors (Lipinski definition) is 1. The number of carbonyl (C=O) groups is 1. The van der Waals surface area contributed by atoms with E-state index >= 15 is 0 Å². The highest BCUT2D eigenvalue weighted by Crippen LogP contribution is 2.28. The highest BCUT2D eigenvalue weighted by Gasteiger charge is 2.17. The monoisotopic (exact) mass is 338 g/mol. The predicted molar refractivity (Wildman–Crippen MR) is 101 cm³/mol. The third-order valence-corrected chi connectivity index (χ3v) is 4.95. The minimum atomic E-state index is -0.149. The molecule has 0 aliphatic heterocycles. The van der Waals surface area contributed by atoms with E-state index in [2.05, 4.69) is 5.32 Å². The van der Waals surface area contributed by atoms with E-state index in [-0.39, 0.29) is 11.5 Å². The number of aromatic nitrogens is 1. The van der Waals surface area contributed by atoms with Gasteiger partial charge in [-0.05, 0) is 36.5 Å². The molecule has 0 spiro atoms. The Morgan fingerprint density at radius 3 is 2.64 bits per heavy atom. The van der Waals surface area contributed by atoms with Crippen molar-refractivity contribution in [1.29, 1.82) is 0 Å². The van der Waals surface area contributed by atoms with Gasteiger partial charge in [-0.1, -0.05) is 56.0 Å². The first-order valence-corrected chi connectivity index (χ1v) is 9.16. The molecule has 1 amide bonds. The van der Waals surface area contributed by atoms with E-state index in [4.69, 9.17) is 0 Å². The molecule has 1 aliphatic rings. The Kier molecular flexibility index (Phi) is 5.69. The molecule has 1 fully saturated rings. The molecule has 1 N–H and O–H groups in total. The molecular formula is C21H26N2O2. The van der Waals surface area contributed by atoms with Crippen LogP contribution in [-0.2, 0) is 11.3 Å². The Bertz CT molecular complexity index is 774. The third-order valence-electron chi connectivity index (χ3n) is 4.95. The number of anilines is 1. The summed E-state index contributed by atoms with van der Waals surface area (Å²) in [6.45, 7) is 2.45. The first kappa shape index (κ1) is 17.5. The molecule has 132 valence electrons. The quantitative estimate of drug-likeness (QED) is 0.861. The second kappa shape index (κ2) is 8.15. The summed E-state index contributed by atoms with van der Waals surface area (Å²) in [5.41, 5.74) is 2.26. The average molecular weight is 338 g/mol. The molecule has 3 rings (SSSR count). The number of nitrogens with zero attached hydrogens (tertiary/aromatic N) is 1. The third kappa shape index (κ3) is 4.81. The van der Waals surface area contributed by atoms with Crippen LogP contribution < -0.4 is 10.9 Å². The van der Waals surface area contributed by atoms with Crippen LogP contribution in [0.4, 0.5) is 5.69 Å². The SMILES string of the molecule is Cc1cc(NC(=O)CCC2CCCC2)c(=O)n(Cc2ccccc2)c1. The van der Waals surface area contributed by atoms with Crippen LogP contribution in [0, 0.1) is 12.8 Å². The van der Waals surface area contributed by atoms with Crippen LogP contribution in [0.1, 0.15) is 49.7 Å². The number of amides is 1. The van der Waals surface area contributed by atoms with E-state index in [0.29, 0.717) is 24.6 Å². The number of carbonyl (C=O) groups excluding carboxylic acids is 1. The van der Waals surface area contributed by atoms with Crippen molar-refractivity contribution in [2.45, 2.75) is 52.0 Å². The fraction of sp³-hybridized carbons (Fsp3) is 0.429. The molecule has 0 atom stereocenters. The molecule has 0 unspecified atom stereocenters. The van der Waals surface area contributed by atoms with Crippen molar-refractivity contribution in [1.82, 2.24) is 4.57 Å². The summed E-state index contributed by atoms with van der Waals surface area (Å²) in [7, 11) is 0. The predicted octanol–water partition coefficient (Wildman–Crippen LogP) is 4.11. The summed E-state index contributed by atoms with van der Waals surface area (Å²) in [5, 5.41) is 2.83. The largest absolute Gasteiger partial charge is 0.321 e. The molecule has 1 saturated carbocycles. The summed E-state index contributed by atoms with van der Waals surface area (Å²) in [5.74, 6) is 0.624. The van der Waals surface area contributed by atoms with E-state index in [9.17, 15) is 9.59 Å². The van der Waals surface area contributed by atoms with Gasteiger partial charge >= 0.3 is 0 Å². The van der Waals surface area contributed by atoms with Gasteiger partial charge in [0.05, 0.1) is 6.54 Å². The molecule has 1 aliphatic carbocycles. The van der Waals surface area contributed by atoms with Crippen molar-refractivity contribution >= 4 is 11.6 Å². The van der Waals surface area contributed by atoms with Gasteiger partial charge in [0.2, 0.25) is 5.91 Å². The smallest absolute Gasteiger partial charge is 0.274 e. The molecule has 0 radical (unpaired) electrons. The molecule has 25 heavy (non-hydrogen) atoms. The molecule has 2 aromatic rings. The average Bonchev–Trinajstić information content (AvgIpc) is 3.12. The molecular weight excluding hydrogens is 312 g/mol. The van der Waals surface area contributed by atoms with E-state index in [1.807, 2.05) is 43.5 Å². The fourth-order valence-corrected chi connectivity index (χ4v) is 3.62. The van der Waals surface area contributed by atoms with Crippen LogP contribution >= 0.6 is 0 Å². The minimum absolute atomic E-state index is 0.0548. The maximum absolute atomic E-state index is 12.7. The van der Waals surface area contributed by atoms with Crippen molar-refractivity contribution in [3.05, 3.63) is 64.1 Å². The van der Waals surface area contributed by atoms with Gasteiger partial charge in [0, 0.05) is 12.6 Å². The van der Waals surface area contributed by atoms with Gasteiger partial charge in [0.15, 0.2) is 0 Å². The number of rotatable bonds is 6. The van der Waals surface area contributed by atoms with Crippen LogP contribution in [0.2, 0.25) is 0 Å². The number of benzene rings is 1. The number of nitrogens with one attached hydrogen (secondary N) is 1. The van der Waals surface area contributed by atoms with Crippen LogP contribution in [0.3, 0.4) is 0 Å². The zero-order valence-electron chi connectivity index (χ0n) is 14.8. The lowest BCUT2D eigenvalue weighted by Gasteiger charge is -2.12. The van der Waals surface area contributed by atoms with Crippen LogP contribution in [0.15, 0.2) is 47.4 Å². The summed E-state index contributed by atoms with van der Waals surface area (Å²) in [4.78, 5) is 24.9. The summed E-state index contributed by atoms with van der Waals surface area (Å²) < 4.78 is 1.66. The lowest BCUT2D eigenvalue weighted by Crippen LogP contribution is -2.26. The molecule has 4 nitrogen and oxygen atoms in total. The molecule has 1 aromatic carbocycles. The maximum atomic E-state index is 12.7. The number of aryl methyl sites for hydroxylation is 1. The van der Waals surface area contributed by atoms with Gasteiger partial charge in [-0.2, -0.15) is 0 Å². The normalized spacial score (nSPS) is 14.6. The topological polar surface area (TPSA) is 51.1 Å². The first-order chi connectivity index (χ1) is 12.1. The molecule has 0 saturated heterocycles.